The van der Waals surface area contributed by atoms with E-state index in [0.29, 0.717) is 0 Å². The lowest BCUT2D eigenvalue weighted by Crippen LogP contribution is -1.82. The van der Waals surface area contributed by atoms with Crippen LogP contribution in [0.1, 0.15) is 14.4 Å². The van der Waals surface area contributed by atoms with Crippen LogP contribution in [0.5, 0.6) is 0 Å². The topological polar surface area (TPSA) is 26.3 Å². The predicted octanol–water partition coefficient (Wildman–Crippen LogP) is 1.03. The van der Waals surface area contributed by atoms with Gasteiger partial charge in [0.1, 0.15) is 0 Å². The van der Waals surface area contributed by atoms with Crippen molar-refractivity contribution in [1.29, 1.82) is 0 Å². The predicted molar refractivity (Wildman–Crippen MR) is 27.5 cm³/mol. The lowest BCUT2D eigenvalue weighted by molar-refractivity contribution is -0.130. The largest absolute Gasteiger partial charge is 0.395 e. The molecule has 0 saturated carbocycles. The van der Waals surface area contributed by atoms with Crippen LogP contribution in [-0.4, -0.2) is 5.97 Å². The van der Waals surface area contributed by atoms with E-state index in [2.05, 4.69) is 17.1 Å². The highest BCUT2D eigenvalue weighted by Gasteiger charge is 1.77. The Morgan fingerprint density at radius 3 is 2.00 bits per heavy atom. The first-order chi connectivity index (χ1) is 2.27. The molecule has 0 saturated heterocycles. The lowest BCUT2D eigenvalue weighted by Gasteiger charge is -1.77. The molecular weight excluding hydrogens is 100 g/mol. The molecule has 3 heteroatoms. The average molecular weight is 108 g/mol. The van der Waals surface area contributed by atoms with Gasteiger partial charge in [0.05, 0.1) is 0 Å². The van der Waals surface area contributed by atoms with E-state index in [1.54, 1.807) is 0 Å². The zero-order valence-electron chi connectivity index (χ0n) is 2.76. The summed E-state index contributed by atoms with van der Waals surface area (Å²) in [5.74, 6) is -0.381. The Bertz CT molecular complexity index is 44.1. The standard InChI is InChI=1S/C2H4O2S.CH4/c1-2(3)4-5;/h5H,1H3;1H4. The van der Waals surface area contributed by atoms with Crippen LogP contribution < -0.4 is 0 Å². The van der Waals surface area contributed by atoms with Gasteiger partial charge in [-0.2, -0.15) is 0 Å². The molecule has 0 aliphatic carbocycles. The van der Waals surface area contributed by atoms with Crippen LogP contribution in [0.15, 0.2) is 0 Å². The molecule has 0 aromatic heterocycles. The second-order valence-electron chi connectivity index (χ2n) is 0.583. The maximum Gasteiger partial charge on any atom is 0.314 e. The molecule has 0 unspecified atom stereocenters. The summed E-state index contributed by atoms with van der Waals surface area (Å²) in [4.78, 5) is 9.51. The van der Waals surface area contributed by atoms with Crippen LogP contribution in [0.2, 0.25) is 0 Å². The molecule has 6 heavy (non-hydrogen) atoms. The fraction of sp³-hybridized carbons (Fsp3) is 0.667. The maximum absolute atomic E-state index is 9.51. The van der Waals surface area contributed by atoms with Gasteiger partial charge in [0.15, 0.2) is 0 Å². The minimum atomic E-state index is -0.381. The Hall–Kier alpha value is -0.180. The smallest absolute Gasteiger partial charge is 0.314 e. The molecule has 0 aromatic carbocycles. The van der Waals surface area contributed by atoms with E-state index < -0.39 is 0 Å². The molecule has 0 rings (SSSR count). The zero-order chi connectivity index (χ0) is 4.28. The Kier molecular flexibility index (Phi) is 7.44. The summed E-state index contributed by atoms with van der Waals surface area (Å²) in [5, 5.41) is 0. The van der Waals surface area contributed by atoms with Crippen molar-refractivity contribution in [1.82, 2.24) is 0 Å². The van der Waals surface area contributed by atoms with Crippen molar-refractivity contribution in [3.63, 3.8) is 0 Å². The van der Waals surface area contributed by atoms with Crippen LogP contribution in [0.3, 0.4) is 0 Å². The van der Waals surface area contributed by atoms with Gasteiger partial charge in [-0.05, 0) is 0 Å². The highest BCUT2D eigenvalue weighted by atomic mass is 32.1. The SMILES string of the molecule is C.CC(=O)OS. The van der Waals surface area contributed by atoms with Crippen LogP contribution in [0, 0.1) is 0 Å². The fourth-order valence-corrected chi connectivity index (χ4v) is 0. The van der Waals surface area contributed by atoms with Gasteiger partial charge in [0.2, 0.25) is 0 Å². The molecule has 38 valence electrons. The molecular formula is C3H8O2S. The summed E-state index contributed by atoms with van der Waals surface area (Å²) in [7, 11) is 0. The molecule has 0 aromatic rings. The quantitative estimate of drug-likeness (QED) is 0.370. The molecule has 0 N–H and O–H groups in total. The molecule has 0 radical (unpaired) electrons. The van der Waals surface area contributed by atoms with Crippen LogP contribution in [0.4, 0.5) is 0 Å². The normalized spacial score (nSPS) is 5.67. The number of carbonyl (C=O) groups is 1. The number of hydrogen-bond acceptors (Lipinski definition) is 3. The Labute approximate surface area is 43.1 Å². The van der Waals surface area contributed by atoms with Gasteiger partial charge in [-0.25, -0.2) is 0 Å². The van der Waals surface area contributed by atoms with Crippen molar-refractivity contribution >= 4 is 18.9 Å². The first-order valence-corrected chi connectivity index (χ1v) is 1.46. The minimum absolute atomic E-state index is 0. The summed E-state index contributed by atoms with van der Waals surface area (Å²) in [6, 6.07) is 0. The van der Waals surface area contributed by atoms with Crippen LogP contribution in [0.25, 0.3) is 0 Å². The third kappa shape index (κ3) is 9.17. The Morgan fingerprint density at radius 1 is 1.83 bits per heavy atom. The molecule has 0 aliphatic heterocycles. The monoisotopic (exact) mass is 108 g/mol. The molecule has 0 amide bonds. The number of hydrogen-bond donors (Lipinski definition) is 1. The molecule has 0 fully saturated rings. The average Bonchev–Trinajstić information content (AvgIpc) is 1.38. The molecule has 2 nitrogen and oxygen atoms in total. The Morgan fingerprint density at radius 2 is 2.00 bits per heavy atom. The number of rotatable bonds is 0. The van der Waals surface area contributed by atoms with Crippen molar-refractivity contribution in [3.05, 3.63) is 0 Å². The van der Waals surface area contributed by atoms with Gasteiger partial charge in [0.25, 0.3) is 0 Å². The molecule has 0 bridgehead atoms. The second-order valence-corrected chi connectivity index (χ2v) is 0.765. The summed E-state index contributed by atoms with van der Waals surface area (Å²) < 4.78 is 3.81. The number of carbonyl (C=O) groups excluding carboxylic acids is 1. The third-order valence-electron chi connectivity index (χ3n) is 0.129. The van der Waals surface area contributed by atoms with Gasteiger partial charge in [-0.15, -0.1) is 0 Å². The lowest BCUT2D eigenvalue weighted by atomic mass is 10.9. The minimum Gasteiger partial charge on any atom is -0.395 e. The van der Waals surface area contributed by atoms with E-state index in [1.165, 1.54) is 6.92 Å². The highest BCUT2D eigenvalue weighted by Crippen LogP contribution is 1.74. The molecule has 0 spiro atoms. The van der Waals surface area contributed by atoms with Crippen molar-refractivity contribution in [2.75, 3.05) is 0 Å². The van der Waals surface area contributed by atoms with E-state index in [4.69, 9.17) is 0 Å². The van der Waals surface area contributed by atoms with E-state index in [1.807, 2.05) is 0 Å². The molecule has 0 aliphatic rings. The maximum atomic E-state index is 9.51. The van der Waals surface area contributed by atoms with E-state index >= 15 is 0 Å². The Balaban J connectivity index is 0. The van der Waals surface area contributed by atoms with Gasteiger partial charge in [-0.3, -0.25) is 4.79 Å². The summed E-state index contributed by atoms with van der Waals surface area (Å²) in [6.45, 7) is 1.28. The summed E-state index contributed by atoms with van der Waals surface area (Å²) >= 11 is 3.17. The van der Waals surface area contributed by atoms with Crippen molar-refractivity contribution in [3.8, 4) is 0 Å². The zero-order valence-corrected chi connectivity index (χ0v) is 3.66. The first-order valence-electron chi connectivity index (χ1n) is 1.09. The van der Waals surface area contributed by atoms with E-state index in [0.717, 1.165) is 0 Å². The van der Waals surface area contributed by atoms with E-state index in [9.17, 15) is 4.79 Å². The van der Waals surface area contributed by atoms with Crippen molar-refractivity contribution in [2.24, 2.45) is 0 Å². The third-order valence-corrected chi connectivity index (χ3v) is 0.386. The second kappa shape index (κ2) is 4.82. The summed E-state index contributed by atoms with van der Waals surface area (Å²) in [6.07, 6.45) is 0. The molecule has 0 atom stereocenters. The number of thiol groups is 1. The van der Waals surface area contributed by atoms with Gasteiger partial charge >= 0.3 is 5.97 Å². The van der Waals surface area contributed by atoms with Crippen LogP contribution >= 0.6 is 12.9 Å². The summed E-state index contributed by atoms with van der Waals surface area (Å²) in [5.41, 5.74) is 0. The highest BCUT2D eigenvalue weighted by molar-refractivity contribution is 7.75. The van der Waals surface area contributed by atoms with Gasteiger partial charge in [0, 0.05) is 19.8 Å². The van der Waals surface area contributed by atoms with Gasteiger partial charge in [-0.1, -0.05) is 7.43 Å². The fourth-order valence-electron chi connectivity index (χ4n) is 0. The molecule has 0 heterocycles. The van der Waals surface area contributed by atoms with Crippen LogP contribution in [-0.2, 0) is 8.98 Å². The van der Waals surface area contributed by atoms with Crippen molar-refractivity contribution in [2.45, 2.75) is 14.4 Å². The first kappa shape index (κ1) is 9.27. The van der Waals surface area contributed by atoms with E-state index in [-0.39, 0.29) is 13.4 Å². The van der Waals surface area contributed by atoms with Crippen molar-refractivity contribution < 1.29 is 8.98 Å². The van der Waals surface area contributed by atoms with Gasteiger partial charge < -0.3 is 4.18 Å².